The summed E-state index contributed by atoms with van der Waals surface area (Å²) in [6.07, 6.45) is -0.513. The monoisotopic (exact) mass is 447 g/mol. The van der Waals surface area contributed by atoms with Gasteiger partial charge in [0, 0.05) is 23.6 Å². The van der Waals surface area contributed by atoms with Crippen LogP contribution in [-0.4, -0.2) is 29.9 Å². The summed E-state index contributed by atoms with van der Waals surface area (Å²) in [6, 6.07) is 10.2. The van der Waals surface area contributed by atoms with E-state index in [2.05, 4.69) is 10.3 Å². The largest absolute Gasteiger partial charge is 0.479 e. The Hall–Kier alpha value is -2.61. The van der Waals surface area contributed by atoms with E-state index in [0.29, 0.717) is 37.9 Å². The summed E-state index contributed by atoms with van der Waals surface area (Å²) >= 11 is 13.2. The molecule has 2 heterocycles. The second-order valence-electron chi connectivity index (χ2n) is 6.46. The molecule has 1 aromatic heterocycles. The van der Waals surface area contributed by atoms with E-state index >= 15 is 0 Å². The van der Waals surface area contributed by atoms with Crippen LogP contribution in [0.3, 0.4) is 0 Å². The summed E-state index contributed by atoms with van der Waals surface area (Å²) in [6.45, 7) is 1.72. The molecule has 6 nitrogen and oxygen atoms in total. The Bertz CT molecular complexity index is 1130. The first-order valence-corrected chi connectivity index (χ1v) is 10.3. The topological polar surface area (TPSA) is 71.5 Å². The molecular formula is C20H15Cl2N3O3S. The van der Waals surface area contributed by atoms with Crippen molar-refractivity contribution in [3.05, 3.63) is 57.4 Å². The zero-order valence-electron chi connectivity index (χ0n) is 15.4. The minimum Gasteiger partial charge on any atom is -0.479 e. The quantitative estimate of drug-likeness (QED) is 0.604. The smallest absolute Gasteiger partial charge is 0.267 e. The Morgan fingerprint density at radius 2 is 2.00 bits per heavy atom. The van der Waals surface area contributed by atoms with E-state index in [1.54, 1.807) is 31.0 Å². The van der Waals surface area contributed by atoms with Gasteiger partial charge in [0.15, 0.2) is 11.2 Å². The average Bonchev–Trinajstić information content (AvgIpc) is 3.16. The van der Waals surface area contributed by atoms with E-state index in [1.807, 2.05) is 23.6 Å². The third-order valence-electron chi connectivity index (χ3n) is 4.50. The summed E-state index contributed by atoms with van der Waals surface area (Å²) in [4.78, 5) is 30.6. The highest BCUT2D eigenvalue weighted by Gasteiger charge is 2.29. The van der Waals surface area contributed by atoms with Crippen LogP contribution in [0.4, 0.5) is 10.8 Å². The van der Waals surface area contributed by atoms with Crippen LogP contribution in [0.2, 0.25) is 10.0 Å². The highest BCUT2D eigenvalue weighted by atomic mass is 35.5. The zero-order valence-corrected chi connectivity index (χ0v) is 17.7. The molecule has 0 saturated carbocycles. The van der Waals surface area contributed by atoms with Crippen LogP contribution in [-0.2, 0) is 4.79 Å². The minimum atomic E-state index is -0.513. The number of anilines is 2. The van der Waals surface area contributed by atoms with Gasteiger partial charge in [-0.2, -0.15) is 0 Å². The Balaban J connectivity index is 1.56. The first kappa shape index (κ1) is 19.7. The molecule has 0 fully saturated rings. The van der Waals surface area contributed by atoms with Gasteiger partial charge in [-0.25, -0.2) is 4.98 Å². The van der Waals surface area contributed by atoms with Gasteiger partial charge in [-0.3, -0.25) is 14.9 Å². The predicted octanol–water partition coefficient (Wildman–Crippen LogP) is 5.11. The Morgan fingerprint density at radius 3 is 2.76 bits per heavy atom. The fraction of sp³-hybridized carbons (Fsp3) is 0.150. The van der Waals surface area contributed by atoms with Crippen LogP contribution >= 0.6 is 34.5 Å². The number of fused-ring (bicyclic) bond motifs is 1. The van der Waals surface area contributed by atoms with Crippen molar-refractivity contribution in [1.82, 2.24) is 4.98 Å². The lowest BCUT2D eigenvalue weighted by Gasteiger charge is -2.30. The van der Waals surface area contributed by atoms with Crippen LogP contribution in [0, 0.1) is 0 Å². The molecule has 0 aliphatic carbocycles. The van der Waals surface area contributed by atoms with Crippen molar-refractivity contribution < 1.29 is 14.3 Å². The molecule has 0 spiro atoms. The summed E-state index contributed by atoms with van der Waals surface area (Å²) in [5, 5.41) is 5.73. The van der Waals surface area contributed by atoms with Crippen molar-refractivity contribution in [2.24, 2.45) is 0 Å². The van der Waals surface area contributed by atoms with Gasteiger partial charge in [-0.05, 0) is 43.3 Å². The highest BCUT2D eigenvalue weighted by molar-refractivity contribution is 7.14. The molecule has 4 rings (SSSR count). The molecule has 9 heteroatoms. The number of likely N-dealkylation sites (N-methyl/N-ethyl adjacent to an activating group) is 1. The van der Waals surface area contributed by atoms with E-state index in [-0.39, 0.29) is 11.8 Å². The summed E-state index contributed by atoms with van der Waals surface area (Å²) in [5.74, 6) is 0.205. The van der Waals surface area contributed by atoms with E-state index < -0.39 is 6.10 Å². The van der Waals surface area contributed by atoms with Crippen molar-refractivity contribution in [3.63, 3.8) is 0 Å². The van der Waals surface area contributed by atoms with Gasteiger partial charge in [-0.15, -0.1) is 11.3 Å². The van der Waals surface area contributed by atoms with Gasteiger partial charge in [0.25, 0.3) is 11.8 Å². The van der Waals surface area contributed by atoms with Crippen molar-refractivity contribution in [2.75, 3.05) is 17.3 Å². The maximum atomic E-state index is 12.4. The average molecular weight is 448 g/mol. The molecule has 1 aliphatic heterocycles. The molecule has 0 saturated heterocycles. The van der Waals surface area contributed by atoms with E-state index in [9.17, 15) is 9.59 Å². The number of nitrogens with zero attached hydrogens (tertiary/aromatic N) is 2. The van der Waals surface area contributed by atoms with Gasteiger partial charge in [0.2, 0.25) is 0 Å². The van der Waals surface area contributed by atoms with Gasteiger partial charge in [0.1, 0.15) is 5.75 Å². The second-order valence-corrected chi connectivity index (χ2v) is 8.13. The molecule has 2 amide bonds. The van der Waals surface area contributed by atoms with Crippen molar-refractivity contribution in [2.45, 2.75) is 13.0 Å². The van der Waals surface area contributed by atoms with Crippen molar-refractivity contribution >= 4 is 57.2 Å². The fourth-order valence-electron chi connectivity index (χ4n) is 2.94. The van der Waals surface area contributed by atoms with Crippen molar-refractivity contribution in [1.29, 1.82) is 0 Å². The summed E-state index contributed by atoms with van der Waals surface area (Å²) < 4.78 is 5.64. The number of carbonyl (C=O) groups is 2. The predicted molar refractivity (Wildman–Crippen MR) is 115 cm³/mol. The van der Waals surface area contributed by atoms with Gasteiger partial charge < -0.3 is 9.64 Å². The molecular weight excluding hydrogens is 433 g/mol. The number of hydrogen-bond acceptors (Lipinski definition) is 5. The molecule has 1 N–H and O–H groups in total. The lowest BCUT2D eigenvalue weighted by atomic mass is 10.1. The normalized spacial score (nSPS) is 15.7. The highest BCUT2D eigenvalue weighted by Crippen LogP contribution is 2.37. The molecule has 1 unspecified atom stereocenters. The van der Waals surface area contributed by atoms with Gasteiger partial charge >= 0.3 is 0 Å². The lowest BCUT2D eigenvalue weighted by Crippen LogP contribution is -2.41. The molecule has 148 valence electrons. The number of thiazole rings is 1. The number of halogens is 2. The molecule has 2 aromatic carbocycles. The third-order valence-corrected chi connectivity index (χ3v) is 6.00. The molecule has 1 atom stereocenters. The SMILES string of the molecule is CC1Oc2ccc(-c3csc(NC(=O)c4ccc(Cl)c(Cl)c4)n3)cc2N(C)C1=O. The molecule has 1 aliphatic rings. The Labute approximate surface area is 181 Å². The maximum absolute atomic E-state index is 12.4. The number of rotatable bonds is 3. The standard InChI is InChI=1S/C20H15Cl2N3O3S/c1-10-19(27)25(2)16-8-11(4-6-17(16)28-10)15-9-29-20(23-15)24-18(26)12-3-5-13(21)14(22)7-12/h3-10H,1-2H3,(H,23,24,26). The first-order chi connectivity index (χ1) is 13.8. The minimum absolute atomic E-state index is 0.109. The van der Waals surface area contributed by atoms with Gasteiger partial charge in [-0.1, -0.05) is 23.2 Å². The molecule has 0 radical (unpaired) electrons. The number of benzene rings is 2. The maximum Gasteiger partial charge on any atom is 0.267 e. The Morgan fingerprint density at radius 1 is 1.21 bits per heavy atom. The van der Waals surface area contributed by atoms with Crippen LogP contribution in [0.15, 0.2) is 41.8 Å². The molecule has 29 heavy (non-hydrogen) atoms. The number of ether oxygens (including phenoxy) is 1. The lowest BCUT2D eigenvalue weighted by molar-refractivity contribution is -0.125. The van der Waals surface area contributed by atoms with Crippen LogP contribution < -0.4 is 15.0 Å². The van der Waals surface area contributed by atoms with Crippen LogP contribution in [0.5, 0.6) is 5.75 Å². The number of aromatic nitrogens is 1. The van der Waals surface area contributed by atoms with E-state index in [1.165, 1.54) is 17.4 Å². The second kappa shape index (κ2) is 7.67. The number of amides is 2. The fourth-order valence-corrected chi connectivity index (χ4v) is 3.95. The summed E-state index contributed by atoms with van der Waals surface area (Å²) in [7, 11) is 1.72. The third kappa shape index (κ3) is 3.81. The number of nitrogens with one attached hydrogen (secondary N) is 1. The van der Waals surface area contributed by atoms with Crippen molar-refractivity contribution in [3.8, 4) is 17.0 Å². The zero-order chi connectivity index (χ0) is 20.7. The van der Waals surface area contributed by atoms with E-state index in [0.717, 1.165) is 5.56 Å². The molecule has 0 bridgehead atoms. The first-order valence-electron chi connectivity index (χ1n) is 8.64. The number of hydrogen-bond donors (Lipinski definition) is 1. The van der Waals surface area contributed by atoms with Crippen LogP contribution in [0.1, 0.15) is 17.3 Å². The Kier molecular flexibility index (Phi) is 5.21. The van der Waals surface area contributed by atoms with Gasteiger partial charge in [0.05, 0.1) is 21.4 Å². The molecule has 3 aromatic rings. The van der Waals surface area contributed by atoms with E-state index in [4.69, 9.17) is 27.9 Å². The summed E-state index contributed by atoms with van der Waals surface area (Å²) in [5.41, 5.74) is 2.56. The van der Waals surface area contributed by atoms with Crippen LogP contribution in [0.25, 0.3) is 11.3 Å². The number of carbonyl (C=O) groups excluding carboxylic acids is 2.